The fraction of sp³-hybridized carbons (Fsp3) is 0.0606. The van der Waals surface area contributed by atoms with Gasteiger partial charge in [-0.3, -0.25) is 4.55 Å². The van der Waals surface area contributed by atoms with Crippen molar-refractivity contribution < 1.29 is 13.0 Å². The minimum Gasteiger partial charge on any atom is -0.338 e. The first-order valence-electron chi connectivity index (χ1n) is 14.3. The van der Waals surface area contributed by atoms with E-state index in [0.29, 0.717) is 22.7 Å². The van der Waals surface area contributed by atoms with Gasteiger partial charge in [0, 0.05) is 11.4 Å². The van der Waals surface area contributed by atoms with E-state index in [1.54, 1.807) is 30.3 Å². The molecule has 0 saturated heterocycles. The smallest absolute Gasteiger partial charge is 0.283 e. The van der Waals surface area contributed by atoms with Crippen molar-refractivity contribution in [2.24, 2.45) is 20.5 Å². The van der Waals surface area contributed by atoms with Crippen LogP contribution in [0.5, 0.6) is 0 Å². The first kappa shape index (κ1) is 30.9. The monoisotopic (exact) mass is 644 g/mol. The summed E-state index contributed by atoms with van der Waals surface area (Å²) in [6.45, 7) is 1.89. The zero-order valence-electron chi connectivity index (χ0n) is 25.0. The highest BCUT2D eigenvalue weighted by molar-refractivity contribution is 7.85. The van der Waals surface area contributed by atoms with Gasteiger partial charge in [-0.15, -0.1) is 0 Å². The molecule has 1 heterocycles. The third kappa shape index (κ3) is 8.75. The number of nitrogens with zero attached hydrogens (tertiary/aromatic N) is 7. The molecule has 47 heavy (non-hydrogen) atoms. The third-order valence-corrected chi connectivity index (χ3v) is 7.19. The zero-order valence-corrected chi connectivity index (χ0v) is 25.8. The first-order chi connectivity index (χ1) is 22.8. The van der Waals surface area contributed by atoms with Crippen molar-refractivity contribution >= 4 is 72.9 Å². The second-order valence-corrected chi connectivity index (χ2v) is 11.7. The maximum absolute atomic E-state index is 11.4. The molecular weight excluding hydrogens is 616 g/mol. The van der Waals surface area contributed by atoms with Gasteiger partial charge < -0.3 is 16.0 Å². The molecule has 1 aromatic heterocycles. The summed E-state index contributed by atoms with van der Waals surface area (Å²) in [6, 6.07) is 35.9. The average molecular weight is 645 g/mol. The summed E-state index contributed by atoms with van der Waals surface area (Å²) in [5.74, 6) is -0.610. The Bertz CT molecular complexity index is 2190. The molecule has 5 aromatic carbocycles. The van der Waals surface area contributed by atoms with Gasteiger partial charge in [-0.1, -0.05) is 48.5 Å². The molecule has 0 unspecified atom stereocenters. The Kier molecular flexibility index (Phi) is 9.13. The molecule has 4 N–H and O–H groups in total. The molecule has 0 aliphatic carbocycles. The molecule has 0 spiro atoms. The molecule has 0 atom stereocenters. The predicted octanol–water partition coefficient (Wildman–Crippen LogP) is 8.91. The number of fused-ring (bicyclic) bond motifs is 1. The highest BCUT2D eigenvalue weighted by Crippen LogP contribution is 2.28. The minimum absolute atomic E-state index is 0.0747. The third-order valence-electron chi connectivity index (χ3n) is 6.68. The summed E-state index contributed by atoms with van der Waals surface area (Å²) in [5, 5.41) is 28.2. The van der Waals surface area contributed by atoms with Crippen LogP contribution in [0.1, 0.15) is 5.56 Å². The molecule has 0 radical (unpaired) electrons. The van der Waals surface area contributed by atoms with Gasteiger partial charge in [0.15, 0.2) is 0 Å². The Morgan fingerprint density at radius 3 is 1.85 bits per heavy atom. The van der Waals surface area contributed by atoms with Crippen molar-refractivity contribution in [3.05, 3.63) is 121 Å². The molecule has 234 valence electrons. The summed E-state index contributed by atoms with van der Waals surface area (Å²) < 4.78 is 32.0. The molecule has 14 heteroatoms. The first-order valence-corrected chi connectivity index (χ1v) is 15.9. The van der Waals surface area contributed by atoms with Crippen molar-refractivity contribution in [1.29, 1.82) is 0 Å². The molecule has 0 aliphatic heterocycles. The lowest BCUT2D eigenvalue weighted by Crippen LogP contribution is -2.16. The van der Waals surface area contributed by atoms with Crippen molar-refractivity contribution in [3.63, 3.8) is 0 Å². The second-order valence-electron chi connectivity index (χ2n) is 10.3. The normalized spacial score (nSPS) is 11.7. The van der Waals surface area contributed by atoms with Gasteiger partial charge in [0.2, 0.25) is 17.8 Å². The van der Waals surface area contributed by atoms with E-state index in [0.717, 1.165) is 27.7 Å². The Balaban J connectivity index is 1.18. The van der Waals surface area contributed by atoms with Gasteiger partial charge >= 0.3 is 0 Å². The number of anilines is 5. The lowest BCUT2D eigenvalue weighted by atomic mass is 10.1. The van der Waals surface area contributed by atoms with E-state index >= 15 is 0 Å². The van der Waals surface area contributed by atoms with Crippen LogP contribution in [0.25, 0.3) is 10.8 Å². The van der Waals surface area contributed by atoms with Crippen LogP contribution in [0.4, 0.5) is 52.0 Å². The van der Waals surface area contributed by atoms with Gasteiger partial charge in [0.05, 0.1) is 22.7 Å². The molecule has 6 aromatic rings. The minimum atomic E-state index is -4.34. The fourth-order valence-corrected chi connectivity index (χ4v) is 4.71. The number of nitrogens with one attached hydrogen (secondary N) is 3. The quantitative estimate of drug-likeness (QED) is 0.0791. The Morgan fingerprint density at radius 1 is 0.596 bits per heavy atom. The van der Waals surface area contributed by atoms with E-state index in [1.807, 2.05) is 91.9 Å². The molecule has 6 rings (SSSR count). The van der Waals surface area contributed by atoms with E-state index in [-0.39, 0.29) is 17.8 Å². The van der Waals surface area contributed by atoms with E-state index in [1.165, 1.54) is 0 Å². The number of benzene rings is 5. The topological polar surface area (TPSA) is 179 Å². The van der Waals surface area contributed by atoms with Crippen LogP contribution < -0.4 is 16.0 Å². The van der Waals surface area contributed by atoms with Gasteiger partial charge in [0.25, 0.3) is 10.1 Å². The highest BCUT2D eigenvalue weighted by atomic mass is 32.2. The van der Waals surface area contributed by atoms with Crippen LogP contribution in [0.2, 0.25) is 0 Å². The Labute approximate surface area is 270 Å². The summed E-state index contributed by atoms with van der Waals surface area (Å²) in [7, 11) is -4.34. The van der Waals surface area contributed by atoms with E-state index in [2.05, 4.69) is 51.4 Å². The van der Waals surface area contributed by atoms with E-state index < -0.39 is 16.0 Å². The van der Waals surface area contributed by atoms with Gasteiger partial charge in [-0.2, -0.15) is 43.8 Å². The second kappa shape index (κ2) is 13.9. The SMILES string of the molecule is Cc1cc(N=Nc2ccccc2)ccc1Nc1nc(NCS(=O)(=O)O)nc(Nc2ccc(N=Nc3ccc4ccccc4c3)cc2)n1. The maximum atomic E-state index is 11.4. The van der Waals surface area contributed by atoms with Crippen LogP contribution in [-0.2, 0) is 10.1 Å². The summed E-state index contributed by atoms with van der Waals surface area (Å²) >= 11 is 0. The predicted molar refractivity (Wildman–Crippen MR) is 183 cm³/mol. The Hall–Kier alpha value is -6.12. The zero-order chi connectivity index (χ0) is 32.6. The molecule has 0 fully saturated rings. The number of aryl methyl sites for hydroxylation is 1. The van der Waals surface area contributed by atoms with Gasteiger partial charge in [-0.05, 0) is 90.0 Å². The lowest BCUT2D eigenvalue weighted by molar-refractivity contribution is 0.485. The van der Waals surface area contributed by atoms with Gasteiger partial charge in [-0.25, -0.2) is 0 Å². The van der Waals surface area contributed by atoms with Gasteiger partial charge in [0.1, 0.15) is 5.88 Å². The molecule has 0 aliphatic rings. The maximum Gasteiger partial charge on any atom is 0.283 e. The number of azo groups is 2. The van der Waals surface area contributed by atoms with E-state index in [4.69, 9.17) is 0 Å². The summed E-state index contributed by atoms with van der Waals surface area (Å²) in [4.78, 5) is 13.0. The number of hydrogen-bond donors (Lipinski definition) is 4. The van der Waals surface area contributed by atoms with Crippen molar-refractivity contribution in [2.45, 2.75) is 6.92 Å². The number of rotatable bonds is 11. The molecular formula is C33H28N10O3S. The molecule has 13 nitrogen and oxygen atoms in total. The van der Waals surface area contributed by atoms with Crippen LogP contribution in [0.3, 0.4) is 0 Å². The fourth-order valence-electron chi connectivity index (χ4n) is 4.40. The van der Waals surface area contributed by atoms with Crippen LogP contribution in [0.15, 0.2) is 136 Å². The van der Waals surface area contributed by atoms with Crippen LogP contribution >= 0.6 is 0 Å². The number of aromatic nitrogens is 3. The largest absolute Gasteiger partial charge is 0.338 e. The van der Waals surface area contributed by atoms with Crippen molar-refractivity contribution in [1.82, 2.24) is 15.0 Å². The lowest BCUT2D eigenvalue weighted by Gasteiger charge is -2.12. The Morgan fingerprint density at radius 2 is 1.15 bits per heavy atom. The summed E-state index contributed by atoms with van der Waals surface area (Å²) in [6.07, 6.45) is 0. The van der Waals surface area contributed by atoms with Crippen molar-refractivity contribution in [3.8, 4) is 0 Å². The molecule has 0 amide bonds. The molecule has 0 saturated carbocycles. The molecule has 0 bridgehead atoms. The van der Waals surface area contributed by atoms with E-state index in [9.17, 15) is 13.0 Å². The standard InChI is InChI=1S/C33H28N10O3S/c1-22-19-28(42-40-26-9-3-2-4-10-26)17-18-30(22)36-33-38-31(34-21-47(44,45)46)37-32(39-33)35-25-13-15-27(16-14-25)41-43-29-12-11-23-7-5-6-8-24(23)20-29/h2-20H,21H2,1H3,(H,44,45,46)(H3,34,35,36,37,38,39). The van der Waals surface area contributed by atoms with Crippen molar-refractivity contribution in [2.75, 3.05) is 21.8 Å². The van der Waals surface area contributed by atoms with Crippen LogP contribution in [-0.4, -0.2) is 33.8 Å². The summed E-state index contributed by atoms with van der Waals surface area (Å²) in [5.41, 5.74) is 4.93. The highest BCUT2D eigenvalue weighted by Gasteiger charge is 2.12. The average Bonchev–Trinajstić information content (AvgIpc) is 3.07. The van der Waals surface area contributed by atoms with Crippen LogP contribution in [0, 0.1) is 6.92 Å². The number of hydrogen-bond acceptors (Lipinski definition) is 12.